The summed E-state index contributed by atoms with van der Waals surface area (Å²) in [6.45, 7) is 1.82. The van der Waals surface area contributed by atoms with Crippen LogP contribution in [0.2, 0.25) is 0 Å². The van der Waals surface area contributed by atoms with Crippen molar-refractivity contribution in [1.82, 2.24) is 9.97 Å². The first-order chi connectivity index (χ1) is 9.58. The largest absolute Gasteiger partial charge is 0.345 e. The molecule has 0 unspecified atom stereocenters. The Morgan fingerprint density at radius 2 is 2.20 bits per heavy atom. The van der Waals surface area contributed by atoms with Gasteiger partial charge in [0.1, 0.15) is 17.3 Å². The minimum absolute atomic E-state index is 0.189. The number of nitrogens with one attached hydrogen (secondary N) is 1. The van der Waals surface area contributed by atoms with E-state index in [0.717, 1.165) is 17.7 Å². The fourth-order valence-electron chi connectivity index (χ4n) is 2.09. The minimum Gasteiger partial charge on any atom is -0.345 e. The van der Waals surface area contributed by atoms with Gasteiger partial charge in [-0.05, 0) is 30.7 Å². The molecule has 0 spiro atoms. The van der Waals surface area contributed by atoms with Gasteiger partial charge in [0.05, 0.1) is 5.56 Å². The molecule has 99 valence electrons. The van der Waals surface area contributed by atoms with Gasteiger partial charge in [-0.25, -0.2) is 13.8 Å². The standard InChI is InChI=1S/C15H9F2N2O/c1-8-5-9-10(7-19-15(9)18-6-8)14(20)13-11(16)3-2-4-12(13)17/h2-3,5-7H,1H3,(H,18,19). The molecule has 0 saturated heterocycles. The zero-order valence-corrected chi connectivity index (χ0v) is 10.5. The molecule has 20 heavy (non-hydrogen) atoms. The summed E-state index contributed by atoms with van der Waals surface area (Å²) in [5.74, 6) is -2.62. The number of carbonyl (C=O) groups is 1. The molecule has 3 aromatic rings. The van der Waals surface area contributed by atoms with E-state index in [-0.39, 0.29) is 5.56 Å². The van der Waals surface area contributed by atoms with Crippen molar-refractivity contribution in [3.05, 3.63) is 65.0 Å². The van der Waals surface area contributed by atoms with E-state index in [1.807, 2.05) is 6.92 Å². The summed E-state index contributed by atoms with van der Waals surface area (Å²) in [5.41, 5.74) is 0.940. The molecule has 0 amide bonds. The van der Waals surface area contributed by atoms with Crippen LogP contribution in [0.25, 0.3) is 11.0 Å². The lowest BCUT2D eigenvalue weighted by atomic mass is 10.0. The number of rotatable bonds is 2. The van der Waals surface area contributed by atoms with Gasteiger partial charge in [0.15, 0.2) is 0 Å². The number of aryl methyl sites for hydroxylation is 1. The predicted molar refractivity (Wildman–Crippen MR) is 69.5 cm³/mol. The van der Waals surface area contributed by atoms with Crippen LogP contribution in [0.1, 0.15) is 21.5 Å². The minimum atomic E-state index is -0.995. The van der Waals surface area contributed by atoms with Crippen molar-refractivity contribution in [2.45, 2.75) is 6.92 Å². The van der Waals surface area contributed by atoms with E-state index in [1.54, 1.807) is 12.3 Å². The lowest BCUT2D eigenvalue weighted by Gasteiger charge is -2.03. The van der Waals surface area contributed by atoms with Gasteiger partial charge >= 0.3 is 0 Å². The number of hydrogen-bond donors (Lipinski definition) is 1. The molecule has 2 aromatic heterocycles. The lowest BCUT2D eigenvalue weighted by molar-refractivity contribution is 0.103. The molecule has 0 fully saturated rings. The molecule has 1 N–H and O–H groups in total. The molecule has 0 aliphatic carbocycles. The highest BCUT2D eigenvalue weighted by Gasteiger charge is 2.21. The number of nitrogens with zero attached hydrogens (tertiary/aromatic N) is 1. The smallest absolute Gasteiger partial charge is 0.201 e. The van der Waals surface area contributed by atoms with Crippen molar-refractivity contribution in [2.24, 2.45) is 0 Å². The Hall–Kier alpha value is -2.56. The van der Waals surface area contributed by atoms with Crippen molar-refractivity contribution < 1.29 is 13.6 Å². The van der Waals surface area contributed by atoms with Crippen LogP contribution in [0.3, 0.4) is 0 Å². The number of aromatic amines is 1. The van der Waals surface area contributed by atoms with E-state index < -0.39 is 23.0 Å². The van der Waals surface area contributed by atoms with Crippen LogP contribution in [0.4, 0.5) is 8.78 Å². The van der Waals surface area contributed by atoms with Crippen LogP contribution in [-0.4, -0.2) is 15.8 Å². The first-order valence-electron chi connectivity index (χ1n) is 5.92. The Morgan fingerprint density at radius 3 is 2.95 bits per heavy atom. The second-order valence-electron chi connectivity index (χ2n) is 4.45. The molecular weight excluding hydrogens is 262 g/mol. The van der Waals surface area contributed by atoms with Crippen LogP contribution in [0.15, 0.2) is 30.6 Å². The van der Waals surface area contributed by atoms with E-state index in [0.29, 0.717) is 11.0 Å². The van der Waals surface area contributed by atoms with Crippen LogP contribution >= 0.6 is 0 Å². The normalized spacial score (nSPS) is 10.9. The van der Waals surface area contributed by atoms with Crippen LogP contribution in [-0.2, 0) is 0 Å². The Balaban J connectivity index is 2.21. The van der Waals surface area contributed by atoms with Crippen molar-refractivity contribution in [3.8, 4) is 0 Å². The van der Waals surface area contributed by atoms with Crippen molar-refractivity contribution >= 4 is 16.8 Å². The highest BCUT2D eigenvalue weighted by atomic mass is 19.1. The maximum Gasteiger partial charge on any atom is 0.201 e. The molecule has 0 aliphatic rings. The molecule has 0 atom stereocenters. The molecule has 1 radical (unpaired) electrons. The van der Waals surface area contributed by atoms with Crippen LogP contribution < -0.4 is 0 Å². The zero-order chi connectivity index (χ0) is 14.3. The van der Waals surface area contributed by atoms with Gasteiger partial charge in [0.2, 0.25) is 5.78 Å². The molecule has 3 rings (SSSR count). The van der Waals surface area contributed by atoms with Crippen LogP contribution in [0.5, 0.6) is 0 Å². The predicted octanol–water partition coefficient (Wildman–Crippen LogP) is 3.18. The highest BCUT2D eigenvalue weighted by Crippen LogP contribution is 2.23. The SMILES string of the molecule is Cc1cnc2[nH]cc(C(=O)c3c(F)[c]ccc3F)c2c1. The number of carbonyl (C=O) groups excluding carboxylic acids is 1. The molecule has 0 aliphatic heterocycles. The fraction of sp³-hybridized carbons (Fsp3) is 0.0667. The third-order valence-corrected chi connectivity index (χ3v) is 3.04. The number of pyridine rings is 1. The highest BCUT2D eigenvalue weighted by molar-refractivity contribution is 6.16. The number of ketones is 1. The van der Waals surface area contributed by atoms with Gasteiger partial charge in [0.25, 0.3) is 0 Å². The Kier molecular flexibility index (Phi) is 2.82. The van der Waals surface area contributed by atoms with Gasteiger partial charge in [0, 0.05) is 29.4 Å². The monoisotopic (exact) mass is 271 g/mol. The summed E-state index contributed by atoms with van der Waals surface area (Å²) in [6.07, 6.45) is 3.05. The maximum atomic E-state index is 13.7. The third kappa shape index (κ3) is 1.87. The molecule has 1 aromatic carbocycles. The second kappa shape index (κ2) is 4.52. The summed E-state index contributed by atoms with van der Waals surface area (Å²) in [4.78, 5) is 19.3. The number of hydrogen-bond acceptors (Lipinski definition) is 2. The van der Waals surface area contributed by atoms with Crippen LogP contribution in [0, 0.1) is 24.6 Å². The second-order valence-corrected chi connectivity index (χ2v) is 4.45. The zero-order valence-electron chi connectivity index (χ0n) is 10.5. The third-order valence-electron chi connectivity index (χ3n) is 3.04. The van der Waals surface area contributed by atoms with E-state index in [2.05, 4.69) is 16.0 Å². The number of halogens is 2. The van der Waals surface area contributed by atoms with Gasteiger partial charge in [-0.2, -0.15) is 0 Å². The molecule has 5 heteroatoms. The summed E-state index contributed by atoms with van der Waals surface area (Å²) in [7, 11) is 0. The number of H-pyrrole nitrogens is 1. The fourth-order valence-corrected chi connectivity index (χ4v) is 2.09. The van der Waals surface area contributed by atoms with Gasteiger partial charge in [-0.15, -0.1) is 0 Å². The van der Waals surface area contributed by atoms with Gasteiger partial charge in [-0.1, -0.05) is 0 Å². The van der Waals surface area contributed by atoms with Gasteiger partial charge < -0.3 is 4.98 Å². The summed E-state index contributed by atoms with van der Waals surface area (Å²) in [6, 6.07) is 6.04. The van der Waals surface area contributed by atoms with Crippen molar-refractivity contribution in [2.75, 3.05) is 0 Å². The van der Waals surface area contributed by atoms with Crippen molar-refractivity contribution in [1.29, 1.82) is 0 Å². The quantitative estimate of drug-likeness (QED) is 0.727. The molecule has 2 heterocycles. The van der Waals surface area contributed by atoms with E-state index in [9.17, 15) is 13.6 Å². The maximum absolute atomic E-state index is 13.7. The lowest BCUT2D eigenvalue weighted by Crippen LogP contribution is -2.07. The van der Waals surface area contributed by atoms with E-state index in [4.69, 9.17) is 0 Å². The Morgan fingerprint density at radius 1 is 1.40 bits per heavy atom. The number of aromatic nitrogens is 2. The summed E-state index contributed by atoms with van der Waals surface area (Å²) in [5, 5.41) is 0.539. The molecular formula is C15H9F2N2O. The average molecular weight is 271 g/mol. The average Bonchev–Trinajstić information content (AvgIpc) is 2.81. The first kappa shape index (κ1) is 12.5. The number of benzene rings is 1. The topological polar surface area (TPSA) is 45.8 Å². The van der Waals surface area contributed by atoms with Gasteiger partial charge in [-0.3, -0.25) is 4.79 Å². The first-order valence-corrected chi connectivity index (χ1v) is 5.92. The molecule has 0 saturated carbocycles. The summed E-state index contributed by atoms with van der Waals surface area (Å²) < 4.78 is 27.3. The van der Waals surface area contributed by atoms with Crippen molar-refractivity contribution in [3.63, 3.8) is 0 Å². The Bertz CT molecular complexity index is 804. The van der Waals surface area contributed by atoms with E-state index in [1.165, 1.54) is 6.20 Å². The molecule has 3 nitrogen and oxygen atoms in total. The van der Waals surface area contributed by atoms with E-state index >= 15 is 0 Å². The number of fused-ring (bicyclic) bond motifs is 1. The Labute approximate surface area is 113 Å². The molecule has 0 bridgehead atoms. The summed E-state index contributed by atoms with van der Waals surface area (Å²) >= 11 is 0.